The number of nitrogens with zero attached hydrogens (tertiary/aromatic N) is 1. The van der Waals surface area contributed by atoms with Crippen LogP contribution >= 0.6 is 0 Å². The van der Waals surface area contributed by atoms with Gasteiger partial charge in [0.05, 0.1) is 4.92 Å². The van der Waals surface area contributed by atoms with E-state index in [9.17, 15) is 19.7 Å². The first-order chi connectivity index (χ1) is 15.9. The number of nitro groups is 1. The van der Waals surface area contributed by atoms with Crippen molar-refractivity contribution in [1.82, 2.24) is 5.32 Å². The number of nitrogens with one attached hydrogen (secondary N) is 1. The number of non-ortho nitro benzene ring substituents is 1. The Labute approximate surface area is 191 Å². The van der Waals surface area contributed by atoms with E-state index in [1.165, 1.54) is 12.1 Å². The predicted octanol–water partition coefficient (Wildman–Crippen LogP) is 5.60. The topological polar surface area (TPSA) is 89.3 Å². The van der Waals surface area contributed by atoms with Crippen LogP contribution in [-0.2, 0) is 0 Å². The molecule has 1 heterocycles. The highest BCUT2D eigenvalue weighted by atomic mass is 16.6. The molecule has 0 saturated heterocycles. The van der Waals surface area contributed by atoms with Crippen LogP contribution in [-0.4, -0.2) is 16.5 Å². The minimum Gasteiger partial charge on any atom is -0.362 e. The van der Waals surface area contributed by atoms with Crippen molar-refractivity contribution in [3.8, 4) is 0 Å². The summed E-state index contributed by atoms with van der Waals surface area (Å²) in [5.74, 6) is -1.07. The van der Waals surface area contributed by atoms with Crippen LogP contribution in [0, 0.1) is 10.1 Å². The summed E-state index contributed by atoms with van der Waals surface area (Å²) in [6, 6.07) is 23.8. The summed E-state index contributed by atoms with van der Waals surface area (Å²) in [5, 5.41) is 14.4. The molecule has 0 amide bonds. The van der Waals surface area contributed by atoms with Crippen molar-refractivity contribution in [2.24, 2.45) is 0 Å². The molecule has 6 nitrogen and oxygen atoms in total. The number of benzene rings is 3. The number of Topliss-reactive ketones (excluding diaryl/α,β-unsaturated/α-hetero) is 2. The van der Waals surface area contributed by atoms with Gasteiger partial charge in [-0.25, -0.2) is 0 Å². The first-order valence-corrected chi connectivity index (χ1v) is 10.5. The van der Waals surface area contributed by atoms with Gasteiger partial charge in [0.1, 0.15) is 0 Å². The summed E-state index contributed by atoms with van der Waals surface area (Å²) in [6.07, 6.45) is 0. The summed E-state index contributed by atoms with van der Waals surface area (Å²) in [6.45, 7) is 3.61. The van der Waals surface area contributed by atoms with Gasteiger partial charge in [0, 0.05) is 51.7 Å². The molecule has 3 aromatic rings. The molecule has 33 heavy (non-hydrogen) atoms. The van der Waals surface area contributed by atoms with Crippen LogP contribution in [0.15, 0.2) is 107 Å². The molecule has 0 unspecified atom stereocenters. The fourth-order valence-electron chi connectivity index (χ4n) is 4.21. The van der Waals surface area contributed by atoms with Gasteiger partial charge in [-0.1, -0.05) is 72.8 Å². The molecule has 0 aliphatic carbocycles. The summed E-state index contributed by atoms with van der Waals surface area (Å²) in [4.78, 5) is 38.0. The molecule has 164 valence electrons. The molecule has 4 rings (SSSR count). The monoisotopic (exact) mass is 438 g/mol. The van der Waals surface area contributed by atoms with E-state index < -0.39 is 10.8 Å². The number of allylic oxidation sites excluding steroid dienone is 4. The van der Waals surface area contributed by atoms with Crippen molar-refractivity contribution in [2.75, 3.05) is 0 Å². The third-order valence-electron chi connectivity index (χ3n) is 5.76. The summed E-state index contributed by atoms with van der Waals surface area (Å²) < 4.78 is 0. The summed E-state index contributed by atoms with van der Waals surface area (Å²) >= 11 is 0. The van der Waals surface area contributed by atoms with Gasteiger partial charge in [-0.2, -0.15) is 0 Å². The second kappa shape index (κ2) is 9.04. The lowest BCUT2D eigenvalue weighted by molar-refractivity contribution is -0.384. The van der Waals surface area contributed by atoms with Crippen molar-refractivity contribution < 1.29 is 14.5 Å². The van der Waals surface area contributed by atoms with E-state index in [4.69, 9.17) is 0 Å². The molecule has 1 N–H and O–H groups in total. The van der Waals surface area contributed by atoms with E-state index in [2.05, 4.69) is 5.32 Å². The van der Waals surface area contributed by atoms with E-state index >= 15 is 0 Å². The van der Waals surface area contributed by atoms with Gasteiger partial charge < -0.3 is 5.32 Å². The normalized spacial score (nSPS) is 14.1. The first kappa shape index (κ1) is 21.9. The Kier molecular flexibility index (Phi) is 6.00. The third-order valence-corrected chi connectivity index (χ3v) is 5.76. The van der Waals surface area contributed by atoms with Crippen molar-refractivity contribution in [3.63, 3.8) is 0 Å². The Morgan fingerprint density at radius 1 is 0.727 bits per heavy atom. The van der Waals surface area contributed by atoms with Gasteiger partial charge in [0.25, 0.3) is 5.69 Å². The second-order valence-corrected chi connectivity index (χ2v) is 7.87. The van der Waals surface area contributed by atoms with E-state index in [1.807, 2.05) is 26.0 Å². The Morgan fingerprint density at radius 2 is 1.15 bits per heavy atom. The maximum atomic E-state index is 13.6. The molecular formula is C27H22N2O4. The molecule has 0 bridgehead atoms. The molecule has 6 heteroatoms. The van der Waals surface area contributed by atoms with Crippen LogP contribution in [0.1, 0.15) is 46.0 Å². The van der Waals surface area contributed by atoms with Gasteiger partial charge >= 0.3 is 0 Å². The molecule has 1 aliphatic heterocycles. The fraction of sp³-hybridized carbons (Fsp3) is 0.111. The van der Waals surface area contributed by atoms with Crippen molar-refractivity contribution in [3.05, 3.63) is 134 Å². The lowest BCUT2D eigenvalue weighted by Crippen LogP contribution is -2.31. The fourth-order valence-corrected chi connectivity index (χ4v) is 4.21. The zero-order valence-corrected chi connectivity index (χ0v) is 18.2. The van der Waals surface area contributed by atoms with Crippen molar-refractivity contribution in [1.29, 1.82) is 0 Å². The van der Waals surface area contributed by atoms with Crippen LogP contribution in [0.4, 0.5) is 5.69 Å². The van der Waals surface area contributed by atoms with E-state index in [0.29, 0.717) is 39.2 Å². The molecule has 0 atom stereocenters. The zero-order chi connectivity index (χ0) is 23.5. The highest BCUT2D eigenvalue weighted by molar-refractivity contribution is 6.16. The van der Waals surface area contributed by atoms with Gasteiger partial charge in [0.15, 0.2) is 11.6 Å². The lowest BCUT2D eigenvalue weighted by Gasteiger charge is -2.31. The second-order valence-electron chi connectivity index (χ2n) is 7.87. The number of ketones is 2. The smallest absolute Gasteiger partial charge is 0.269 e. The Balaban J connectivity index is 1.90. The average molecular weight is 438 g/mol. The first-order valence-electron chi connectivity index (χ1n) is 10.5. The maximum Gasteiger partial charge on any atom is 0.269 e. The van der Waals surface area contributed by atoms with E-state index in [0.717, 1.165) is 0 Å². The molecule has 3 aromatic carbocycles. The van der Waals surface area contributed by atoms with Gasteiger partial charge in [-0.15, -0.1) is 0 Å². The highest BCUT2D eigenvalue weighted by Crippen LogP contribution is 2.41. The Morgan fingerprint density at radius 3 is 1.55 bits per heavy atom. The maximum absolute atomic E-state index is 13.6. The number of nitro benzene ring substituents is 1. The minimum atomic E-state index is -0.674. The Hall–Kier alpha value is -4.32. The molecule has 0 radical (unpaired) electrons. The number of rotatable bonds is 6. The van der Waals surface area contributed by atoms with Gasteiger partial charge in [-0.05, 0) is 19.4 Å². The molecule has 0 spiro atoms. The third kappa shape index (κ3) is 4.23. The quantitative estimate of drug-likeness (QED) is 0.308. The van der Waals surface area contributed by atoms with Gasteiger partial charge in [0.2, 0.25) is 0 Å². The standard InChI is InChI=1S/C27H22N2O4/c1-17-23(26(30)20-9-5-3-6-10-20)25(19-13-15-22(16-14-19)29(32)33)24(18(2)28-17)27(31)21-11-7-4-8-12-21/h3-16,25,28H,1-2H3. The molecular weight excluding hydrogens is 416 g/mol. The molecule has 0 aromatic heterocycles. The van der Waals surface area contributed by atoms with Crippen molar-refractivity contribution in [2.45, 2.75) is 19.8 Å². The van der Waals surface area contributed by atoms with Crippen LogP contribution < -0.4 is 5.32 Å². The number of hydrogen-bond donors (Lipinski definition) is 1. The molecule has 0 fully saturated rings. The highest BCUT2D eigenvalue weighted by Gasteiger charge is 2.37. The number of carbonyl (C=O) groups excluding carboxylic acids is 2. The van der Waals surface area contributed by atoms with Crippen LogP contribution in [0.3, 0.4) is 0 Å². The summed E-state index contributed by atoms with van der Waals surface area (Å²) in [5.41, 5.74) is 3.78. The SMILES string of the molecule is CC1=C(C(=O)c2ccccc2)C(c2ccc([N+](=O)[O-])cc2)C(C(=O)c2ccccc2)=C(C)N1. The summed E-state index contributed by atoms with van der Waals surface area (Å²) in [7, 11) is 0. The molecule has 1 aliphatic rings. The Bertz CT molecular complexity index is 1220. The van der Waals surface area contributed by atoms with Crippen LogP contribution in [0.25, 0.3) is 0 Å². The largest absolute Gasteiger partial charge is 0.362 e. The number of carbonyl (C=O) groups is 2. The average Bonchev–Trinajstić information content (AvgIpc) is 2.84. The lowest BCUT2D eigenvalue weighted by atomic mass is 9.75. The molecule has 0 saturated carbocycles. The number of hydrogen-bond acceptors (Lipinski definition) is 5. The van der Waals surface area contributed by atoms with Crippen LogP contribution in [0.2, 0.25) is 0 Å². The zero-order valence-electron chi connectivity index (χ0n) is 18.2. The number of dihydropyridines is 1. The minimum absolute atomic E-state index is 0.0547. The van der Waals surface area contributed by atoms with Gasteiger partial charge in [-0.3, -0.25) is 19.7 Å². The van der Waals surface area contributed by atoms with Crippen LogP contribution in [0.5, 0.6) is 0 Å². The van der Waals surface area contributed by atoms with E-state index in [1.54, 1.807) is 60.7 Å². The predicted molar refractivity (Wildman–Crippen MR) is 126 cm³/mol. The van der Waals surface area contributed by atoms with Crippen molar-refractivity contribution >= 4 is 17.3 Å². The van der Waals surface area contributed by atoms with E-state index in [-0.39, 0.29) is 17.3 Å².